The summed E-state index contributed by atoms with van der Waals surface area (Å²) in [4.78, 5) is 2.45. The van der Waals surface area contributed by atoms with Crippen molar-refractivity contribution < 1.29 is 9.26 Å². The van der Waals surface area contributed by atoms with E-state index in [2.05, 4.69) is 10.1 Å². The summed E-state index contributed by atoms with van der Waals surface area (Å²) in [5, 5.41) is 5.09. The number of benzene rings is 1. The number of rotatable bonds is 6. The molecule has 3 rings (SSSR count). The Labute approximate surface area is 173 Å². The van der Waals surface area contributed by atoms with Crippen LogP contribution in [0.1, 0.15) is 52.7 Å². The summed E-state index contributed by atoms with van der Waals surface area (Å²) in [6, 6.07) is 7.28. The van der Waals surface area contributed by atoms with Crippen LogP contribution in [0.2, 0.25) is 10.0 Å². The van der Waals surface area contributed by atoms with E-state index in [0.29, 0.717) is 29.0 Å². The number of hydrogen-bond acceptors (Lipinski definition) is 4. The van der Waals surface area contributed by atoms with Gasteiger partial charge in [-0.15, -0.1) is 0 Å². The second kappa shape index (κ2) is 14.0. The molecule has 1 fully saturated rings. The Morgan fingerprint density at radius 2 is 1.70 bits per heavy atom. The standard InChI is InChI=1S/C17H20Cl2N2O2.2C2H6/c18-15-5-4-13(10-16(15)19)17-11-14(23-20-17)12-22-9-8-21-6-2-1-3-7-21;2*1-2/h4-5,10-11H,1-3,6-9,12H2;2*1-2H3. The number of aromatic nitrogens is 1. The Kier molecular flexibility index (Phi) is 12.4. The molecule has 0 unspecified atom stereocenters. The van der Waals surface area contributed by atoms with E-state index < -0.39 is 0 Å². The molecule has 152 valence electrons. The molecule has 27 heavy (non-hydrogen) atoms. The number of halogens is 2. The van der Waals surface area contributed by atoms with Crippen molar-refractivity contribution in [2.45, 2.75) is 53.6 Å². The van der Waals surface area contributed by atoms with Gasteiger partial charge in [-0.3, -0.25) is 0 Å². The number of piperidine rings is 1. The summed E-state index contributed by atoms with van der Waals surface area (Å²) in [6.45, 7) is 12.5. The first-order valence-corrected chi connectivity index (χ1v) is 10.7. The fraction of sp³-hybridized carbons (Fsp3) is 0.571. The van der Waals surface area contributed by atoms with Gasteiger partial charge in [0, 0.05) is 18.2 Å². The summed E-state index contributed by atoms with van der Waals surface area (Å²) in [5.74, 6) is 0.713. The molecule has 2 aromatic rings. The Morgan fingerprint density at radius 3 is 2.37 bits per heavy atom. The highest BCUT2D eigenvalue weighted by Crippen LogP contribution is 2.28. The topological polar surface area (TPSA) is 38.5 Å². The molecule has 0 saturated carbocycles. The summed E-state index contributed by atoms with van der Waals surface area (Å²) in [7, 11) is 0. The van der Waals surface area contributed by atoms with Crippen molar-refractivity contribution in [3.8, 4) is 11.3 Å². The average molecular weight is 415 g/mol. The van der Waals surface area contributed by atoms with Crippen molar-refractivity contribution in [3.63, 3.8) is 0 Å². The van der Waals surface area contributed by atoms with E-state index in [9.17, 15) is 0 Å². The third-order valence-electron chi connectivity index (χ3n) is 4.02. The molecule has 0 spiro atoms. The van der Waals surface area contributed by atoms with Crippen LogP contribution in [0.5, 0.6) is 0 Å². The minimum atomic E-state index is 0.433. The van der Waals surface area contributed by atoms with Gasteiger partial charge in [0.1, 0.15) is 12.3 Å². The summed E-state index contributed by atoms with van der Waals surface area (Å²) in [6.07, 6.45) is 3.96. The Bertz CT molecular complexity index is 641. The highest BCUT2D eigenvalue weighted by atomic mass is 35.5. The maximum atomic E-state index is 6.03. The molecule has 6 heteroatoms. The molecular weight excluding hydrogens is 383 g/mol. The van der Waals surface area contributed by atoms with E-state index in [1.807, 2.05) is 39.8 Å². The summed E-state index contributed by atoms with van der Waals surface area (Å²) in [5.41, 5.74) is 1.61. The Hall–Kier alpha value is -1.07. The van der Waals surface area contributed by atoms with Crippen LogP contribution in [0.15, 0.2) is 28.8 Å². The Balaban J connectivity index is 0.000000855. The lowest BCUT2D eigenvalue weighted by atomic mass is 10.1. The van der Waals surface area contributed by atoms with E-state index in [4.69, 9.17) is 32.5 Å². The maximum Gasteiger partial charge on any atom is 0.163 e. The molecule has 1 aliphatic rings. The minimum absolute atomic E-state index is 0.433. The summed E-state index contributed by atoms with van der Waals surface area (Å²) >= 11 is 11.9. The van der Waals surface area contributed by atoms with Crippen molar-refractivity contribution in [2.24, 2.45) is 0 Å². The molecular formula is C21H32Cl2N2O2. The van der Waals surface area contributed by atoms with Gasteiger partial charge in [-0.2, -0.15) is 0 Å². The van der Waals surface area contributed by atoms with Gasteiger partial charge >= 0.3 is 0 Å². The van der Waals surface area contributed by atoms with Crippen LogP contribution in [-0.4, -0.2) is 36.3 Å². The highest BCUT2D eigenvalue weighted by Gasteiger charge is 2.11. The first-order valence-electron chi connectivity index (χ1n) is 9.93. The Morgan fingerprint density at radius 1 is 1.00 bits per heavy atom. The van der Waals surface area contributed by atoms with Gasteiger partial charge in [-0.1, -0.05) is 68.5 Å². The molecule has 1 aromatic carbocycles. The zero-order valence-corrected chi connectivity index (χ0v) is 18.4. The van der Waals surface area contributed by atoms with Gasteiger partial charge in [-0.25, -0.2) is 0 Å². The van der Waals surface area contributed by atoms with Crippen molar-refractivity contribution >= 4 is 23.2 Å². The first-order chi connectivity index (χ1) is 13.2. The predicted molar refractivity (Wildman–Crippen MR) is 115 cm³/mol. The number of likely N-dealkylation sites (tertiary alicyclic amines) is 1. The largest absolute Gasteiger partial charge is 0.372 e. The monoisotopic (exact) mass is 414 g/mol. The van der Waals surface area contributed by atoms with Gasteiger partial charge in [-0.05, 0) is 38.1 Å². The average Bonchev–Trinajstić information content (AvgIpc) is 3.20. The van der Waals surface area contributed by atoms with Crippen molar-refractivity contribution in [1.82, 2.24) is 10.1 Å². The third-order valence-corrected chi connectivity index (χ3v) is 4.76. The molecule has 0 N–H and O–H groups in total. The second-order valence-corrected chi connectivity index (χ2v) is 6.58. The lowest BCUT2D eigenvalue weighted by Crippen LogP contribution is -2.32. The lowest BCUT2D eigenvalue weighted by molar-refractivity contribution is 0.0733. The molecule has 0 aliphatic carbocycles. The number of ether oxygens (including phenoxy) is 1. The van der Waals surface area contributed by atoms with Crippen LogP contribution in [0.25, 0.3) is 11.3 Å². The molecule has 4 nitrogen and oxygen atoms in total. The molecule has 0 amide bonds. The van der Waals surface area contributed by atoms with E-state index in [1.54, 1.807) is 12.1 Å². The highest BCUT2D eigenvalue weighted by molar-refractivity contribution is 6.42. The minimum Gasteiger partial charge on any atom is -0.372 e. The van der Waals surface area contributed by atoms with E-state index in [0.717, 1.165) is 17.8 Å². The van der Waals surface area contributed by atoms with Gasteiger partial charge < -0.3 is 14.2 Å². The van der Waals surface area contributed by atoms with Crippen LogP contribution in [0, 0.1) is 0 Å². The number of hydrogen-bond donors (Lipinski definition) is 0. The third kappa shape index (κ3) is 8.22. The fourth-order valence-electron chi connectivity index (χ4n) is 2.72. The van der Waals surface area contributed by atoms with E-state index in [1.165, 1.54) is 32.4 Å². The van der Waals surface area contributed by atoms with E-state index >= 15 is 0 Å². The molecule has 1 aliphatic heterocycles. The zero-order valence-electron chi connectivity index (χ0n) is 16.9. The number of nitrogens with zero attached hydrogens (tertiary/aromatic N) is 2. The molecule has 0 radical (unpaired) electrons. The van der Waals surface area contributed by atoms with Crippen LogP contribution in [0.4, 0.5) is 0 Å². The van der Waals surface area contributed by atoms with Crippen molar-refractivity contribution in [2.75, 3.05) is 26.2 Å². The van der Waals surface area contributed by atoms with Crippen LogP contribution >= 0.6 is 23.2 Å². The van der Waals surface area contributed by atoms with Gasteiger partial charge in [0.25, 0.3) is 0 Å². The van der Waals surface area contributed by atoms with Crippen LogP contribution < -0.4 is 0 Å². The summed E-state index contributed by atoms with van der Waals surface area (Å²) < 4.78 is 11.0. The van der Waals surface area contributed by atoms with Crippen molar-refractivity contribution in [3.05, 3.63) is 40.1 Å². The lowest BCUT2D eigenvalue weighted by Gasteiger charge is -2.25. The molecule has 2 heterocycles. The van der Waals surface area contributed by atoms with Gasteiger partial charge in [0.05, 0.1) is 16.7 Å². The van der Waals surface area contributed by atoms with Crippen LogP contribution in [-0.2, 0) is 11.3 Å². The quantitative estimate of drug-likeness (QED) is 0.492. The zero-order chi connectivity index (χ0) is 20.1. The van der Waals surface area contributed by atoms with Crippen LogP contribution in [0.3, 0.4) is 0 Å². The molecule has 1 aromatic heterocycles. The van der Waals surface area contributed by atoms with Gasteiger partial charge in [0.15, 0.2) is 5.76 Å². The molecule has 0 atom stereocenters. The normalized spacial score (nSPS) is 14.0. The maximum absolute atomic E-state index is 6.03. The van der Waals surface area contributed by atoms with Crippen molar-refractivity contribution in [1.29, 1.82) is 0 Å². The molecule has 1 saturated heterocycles. The van der Waals surface area contributed by atoms with Gasteiger partial charge in [0.2, 0.25) is 0 Å². The molecule has 0 bridgehead atoms. The van der Waals surface area contributed by atoms with E-state index in [-0.39, 0.29) is 0 Å². The smallest absolute Gasteiger partial charge is 0.163 e. The SMILES string of the molecule is CC.CC.Clc1ccc(-c2cc(COCCN3CCCCC3)on2)cc1Cl. The predicted octanol–water partition coefficient (Wildman–Crippen LogP) is 6.70. The first kappa shape index (κ1) is 24.0. The fourth-order valence-corrected chi connectivity index (χ4v) is 3.02. The second-order valence-electron chi connectivity index (χ2n) is 5.76.